The summed E-state index contributed by atoms with van der Waals surface area (Å²) in [7, 11) is -3.73. The summed E-state index contributed by atoms with van der Waals surface area (Å²) < 4.78 is 26.8. The maximum Gasteiger partial charge on any atom is 0.263 e. The van der Waals surface area contributed by atoms with E-state index in [1.54, 1.807) is 18.2 Å². The fourth-order valence-corrected chi connectivity index (χ4v) is 2.92. The Morgan fingerprint density at radius 3 is 2.65 bits per heavy atom. The number of nitrogens with two attached hydrogens (primary N) is 1. The molecule has 0 saturated carbocycles. The molecule has 2 rings (SSSR count). The predicted molar refractivity (Wildman–Crippen MR) is 80.3 cm³/mol. The minimum atomic E-state index is -3.73. The molecule has 106 valence electrons. The Kier molecular flexibility index (Phi) is 4.15. The van der Waals surface area contributed by atoms with Gasteiger partial charge in [-0.1, -0.05) is 30.7 Å². The van der Waals surface area contributed by atoms with Gasteiger partial charge in [0.05, 0.1) is 4.90 Å². The Bertz CT molecular complexity index is 732. The van der Waals surface area contributed by atoms with Crippen molar-refractivity contribution >= 4 is 33.1 Å². The number of hydrogen-bond acceptors (Lipinski definition) is 4. The van der Waals surface area contributed by atoms with Crippen molar-refractivity contribution in [3.05, 3.63) is 47.1 Å². The number of nitrogens with zero attached hydrogens (tertiary/aromatic N) is 1. The van der Waals surface area contributed by atoms with Crippen LogP contribution in [0.3, 0.4) is 0 Å². The van der Waals surface area contributed by atoms with Crippen molar-refractivity contribution in [1.29, 1.82) is 0 Å². The standard InChI is InChI=1S/C13H14ClN3O2S/c1-2-9-6-7-10(8-11(9)15)20(18,19)17-13-5-3-4-12(14)16-13/h3-8H,2,15H2,1H3,(H,16,17). The summed E-state index contributed by atoms with van der Waals surface area (Å²) in [5, 5.41) is 0.214. The molecule has 0 aliphatic carbocycles. The van der Waals surface area contributed by atoms with Crippen LogP contribution >= 0.6 is 11.6 Å². The third kappa shape index (κ3) is 3.20. The fraction of sp³-hybridized carbons (Fsp3) is 0.154. The van der Waals surface area contributed by atoms with E-state index in [0.29, 0.717) is 5.69 Å². The molecule has 0 fully saturated rings. The van der Waals surface area contributed by atoms with Crippen LogP contribution in [0, 0.1) is 0 Å². The van der Waals surface area contributed by atoms with E-state index in [4.69, 9.17) is 17.3 Å². The number of anilines is 2. The lowest BCUT2D eigenvalue weighted by Gasteiger charge is -2.09. The monoisotopic (exact) mass is 311 g/mol. The second-order valence-electron chi connectivity index (χ2n) is 4.17. The van der Waals surface area contributed by atoms with E-state index in [-0.39, 0.29) is 15.9 Å². The highest BCUT2D eigenvalue weighted by atomic mass is 35.5. The number of hydrogen-bond donors (Lipinski definition) is 2. The zero-order chi connectivity index (χ0) is 14.8. The van der Waals surface area contributed by atoms with Crippen molar-refractivity contribution < 1.29 is 8.42 Å². The van der Waals surface area contributed by atoms with Crippen LogP contribution in [0.1, 0.15) is 12.5 Å². The zero-order valence-corrected chi connectivity index (χ0v) is 12.4. The van der Waals surface area contributed by atoms with Crippen molar-refractivity contribution in [2.24, 2.45) is 0 Å². The van der Waals surface area contributed by atoms with Gasteiger partial charge in [-0.2, -0.15) is 0 Å². The third-order valence-electron chi connectivity index (χ3n) is 2.76. The lowest BCUT2D eigenvalue weighted by atomic mass is 10.1. The Hall–Kier alpha value is -1.79. The van der Waals surface area contributed by atoms with Gasteiger partial charge in [0.25, 0.3) is 10.0 Å². The second-order valence-corrected chi connectivity index (χ2v) is 6.23. The first-order valence-corrected chi connectivity index (χ1v) is 7.82. The highest BCUT2D eigenvalue weighted by molar-refractivity contribution is 7.92. The van der Waals surface area contributed by atoms with Gasteiger partial charge in [-0.3, -0.25) is 4.72 Å². The summed E-state index contributed by atoms with van der Waals surface area (Å²) in [5.74, 6) is 0.163. The molecule has 0 amide bonds. The van der Waals surface area contributed by atoms with Crippen LogP contribution in [0.5, 0.6) is 0 Å². The molecule has 5 nitrogen and oxygen atoms in total. The lowest BCUT2D eigenvalue weighted by molar-refractivity contribution is 0.601. The predicted octanol–water partition coefficient (Wildman–Crippen LogP) is 2.68. The van der Waals surface area contributed by atoms with Gasteiger partial charge in [0, 0.05) is 5.69 Å². The molecule has 1 heterocycles. The fourth-order valence-electron chi connectivity index (χ4n) is 1.72. The quantitative estimate of drug-likeness (QED) is 0.671. The molecule has 0 radical (unpaired) electrons. The molecule has 0 atom stereocenters. The van der Waals surface area contributed by atoms with Crippen LogP contribution in [0.4, 0.5) is 11.5 Å². The largest absolute Gasteiger partial charge is 0.398 e. The van der Waals surface area contributed by atoms with Crippen molar-refractivity contribution in [2.45, 2.75) is 18.2 Å². The SMILES string of the molecule is CCc1ccc(S(=O)(=O)Nc2cccc(Cl)n2)cc1N. The molecule has 2 aromatic rings. The van der Waals surface area contributed by atoms with Crippen LogP contribution in [-0.2, 0) is 16.4 Å². The summed E-state index contributed by atoms with van der Waals surface area (Å²) in [6.45, 7) is 1.95. The van der Waals surface area contributed by atoms with Gasteiger partial charge < -0.3 is 5.73 Å². The number of nitrogen functional groups attached to an aromatic ring is 1. The van der Waals surface area contributed by atoms with E-state index < -0.39 is 10.0 Å². The molecule has 20 heavy (non-hydrogen) atoms. The van der Waals surface area contributed by atoms with Crippen LogP contribution < -0.4 is 10.5 Å². The van der Waals surface area contributed by atoms with E-state index >= 15 is 0 Å². The van der Waals surface area contributed by atoms with Gasteiger partial charge in [0.2, 0.25) is 0 Å². The number of aryl methyl sites for hydroxylation is 1. The van der Waals surface area contributed by atoms with Crippen LogP contribution in [-0.4, -0.2) is 13.4 Å². The summed E-state index contributed by atoms with van der Waals surface area (Å²) in [4.78, 5) is 3.98. The maximum atomic E-state index is 12.2. The van der Waals surface area contributed by atoms with Gasteiger partial charge in [-0.25, -0.2) is 13.4 Å². The Morgan fingerprint density at radius 1 is 1.30 bits per heavy atom. The number of rotatable bonds is 4. The smallest absolute Gasteiger partial charge is 0.263 e. The summed E-state index contributed by atoms with van der Waals surface area (Å²) in [6.07, 6.45) is 0.745. The molecule has 1 aromatic heterocycles. The summed E-state index contributed by atoms with van der Waals surface area (Å²) in [6, 6.07) is 9.35. The van der Waals surface area contributed by atoms with E-state index in [1.165, 1.54) is 18.2 Å². The van der Waals surface area contributed by atoms with E-state index in [2.05, 4.69) is 9.71 Å². The number of pyridine rings is 1. The second kappa shape index (κ2) is 5.68. The Balaban J connectivity index is 2.33. The van der Waals surface area contributed by atoms with Crippen LogP contribution in [0.2, 0.25) is 5.15 Å². The molecule has 0 bridgehead atoms. The molecule has 0 spiro atoms. The first-order chi connectivity index (χ1) is 9.42. The highest BCUT2D eigenvalue weighted by Gasteiger charge is 2.16. The Labute approximate surface area is 122 Å². The van der Waals surface area contributed by atoms with Crippen molar-refractivity contribution in [1.82, 2.24) is 4.98 Å². The molecule has 0 unspecified atom stereocenters. The molecular formula is C13H14ClN3O2S. The van der Waals surface area contributed by atoms with Gasteiger partial charge in [-0.05, 0) is 36.2 Å². The average molecular weight is 312 g/mol. The zero-order valence-electron chi connectivity index (χ0n) is 10.8. The minimum Gasteiger partial charge on any atom is -0.398 e. The van der Waals surface area contributed by atoms with E-state index in [0.717, 1.165) is 12.0 Å². The van der Waals surface area contributed by atoms with Gasteiger partial charge in [0.15, 0.2) is 0 Å². The average Bonchev–Trinajstić information content (AvgIpc) is 2.38. The topological polar surface area (TPSA) is 85.1 Å². The van der Waals surface area contributed by atoms with Gasteiger partial charge >= 0.3 is 0 Å². The van der Waals surface area contributed by atoms with Crippen molar-refractivity contribution in [3.8, 4) is 0 Å². The summed E-state index contributed by atoms with van der Waals surface area (Å²) in [5.41, 5.74) is 7.18. The first-order valence-electron chi connectivity index (χ1n) is 5.96. The van der Waals surface area contributed by atoms with Crippen molar-refractivity contribution in [3.63, 3.8) is 0 Å². The Morgan fingerprint density at radius 2 is 2.05 bits per heavy atom. The molecule has 1 aromatic carbocycles. The summed E-state index contributed by atoms with van der Waals surface area (Å²) >= 11 is 5.72. The number of aromatic nitrogens is 1. The minimum absolute atomic E-state index is 0.0916. The van der Waals surface area contributed by atoms with Crippen LogP contribution in [0.15, 0.2) is 41.3 Å². The molecule has 0 aliphatic rings. The number of benzene rings is 1. The highest BCUT2D eigenvalue weighted by Crippen LogP contribution is 2.21. The molecule has 0 aliphatic heterocycles. The molecule has 7 heteroatoms. The lowest BCUT2D eigenvalue weighted by Crippen LogP contribution is -2.14. The third-order valence-corrected chi connectivity index (χ3v) is 4.33. The number of sulfonamides is 1. The number of halogens is 1. The van der Waals surface area contributed by atoms with Crippen LogP contribution in [0.25, 0.3) is 0 Å². The number of nitrogens with one attached hydrogen (secondary N) is 1. The first kappa shape index (κ1) is 14.6. The van der Waals surface area contributed by atoms with E-state index in [1.807, 2.05) is 6.92 Å². The molecule has 0 saturated heterocycles. The molecular weight excluding hydrogens is 298 g/mol. The van der Waals surface area contributed by atoms with Crippen molar-refractivity contribution in [2.75, 3.05) is 10.5 Å². The normalized spacial score (nSPS) is 11.3. The van der Waals surface area contributed by atoms with Gasteiger partial charge in [0.1, 0.15) is 11.0 Å². The van der Waals surface area contributed by atoms with E-state index in [9.17, 15) is 8.42 Å². The maximum absolute atomic E-state index is 12.2. The van der Waals surface area contributed by atoms with Gasteiger partial charge in [-0.15, -0.1) is 0 Å². The molecule has 3 N–H and O–H groups in total.